The number of nitrogens with one attached hydrogen (secondary N) is 1. The number of benzene rings is 1. The van der Waals surface area contributed by atoms with Crippen molar-refractivity contribution in [1.29, 1.82) is 0 Å². The third-order valence-corrected chi connectivity index (χ3v) is 6.30. The van der Waals surface area contributed by atoms with E-state index in [1.165, 1.54) is 79.7 Å². The van der Waals surface area contributed by atoms with Crippen LogP contribution in [0.3, 0.4) is 0 Å². The molecule has 0 radical (unpaired) electrons. The van der Waals surface area contributed by atoms with Gasteiger partial charge in [0.2, 0.25) is 0 Å². The van der Waals surface area contributed by atoms with E-state index in [1.54, 1.807) is 5.57 Å². The molecule has 3 heteroatoms. The minimum Gasteiger partial charge on any atom is -0.384 e. The zero-order chi connectivity index (χ0) is 18.5. The monoisotopic (exact) mass is 370 g/mol. The molecule has 1 saturated heterocycles. The third kappa shape index (κ3) is 4.75. The number of allylic oxidation sites excluding steroid dienone is 3. The molecule has 26 heavy (non-hydrogen) atoms. The number of likely N-dealkylation sites (tertiary alicyclic amines) is 1. The van der Waals surface area contributed by atoms with Crippen LogP contribution in [0.4, 0.5) is 0 Å². The van der Waals surface area contributed by atoms with Crippen molar-refractivity contribution in [1.82, 2.24) is 10.2 Å². The van der Waals surface area contributed by atoms with Crippen molar-refractivity contribution < 1.29 is 0 Å². The number of rotatable bonds is 5. The molecule has 1 N–H and O–H groups in total. The van der Waals surface area contributed by atoms with Crippen molar-refractivity contribution in [3.05, 3.63) is 51.7 Å². The van der Waals surface area contributed by atoms with Gasteiger partial charge in [-0.1, -0.05) is 31.2 Å². The summed E-state index contributed by atoms with van der Waals surface area (Å²) in [6.07, 6.45) is 8.72. The Labute approximate surface area is 165 Å². The first-order chi connectivity index (χ1) is 12.6. The van der Waals surface area contributed by atoms with Gasteiger partial charge < -0.3 is 10.2 Å². The van der Waals surface area contributed by atoms with Crippen molar-refractivity contribution in [3.63, 3.8) is 0 Å². The van der Waals surface area contributed by atoms with Gasteiger partial charge in [-0.15, -0.1) is 0 Å². The molecule has 2 nitrogen and oxygen atoms in total. The van der Waals surface area contributed by atoms with Crippen LogP contribution in [-0.2, 0) is 5.75 Å². The van der Waals surface area contributed by atoms with E-state index < -0.39 is 0 Å². The van der Waals surface area contributed by atoms with Gasteiger partial charge in [-0.25, -0.2) is 0 Å². The highest BCUT2D eigenvalue weighted by Crippen LogP contribution is 2.34. The number of thiol groups is 1. The molecule has 2 fully saturated rings. The molecule has 1 saturated carbocycles. The van der Waals surface area contributed by atoms with Crippen LogP contribution in [-0.4, -0.2) is 30.6 Å². The van der Waals surface area contributed by atoms with E-state index in [1.807, 2.05) is 0 Å². The van der Waals surface area contributed by atoms with Crippen LogP contribution in [0, 0.1) is 6.92 Å². The summed E-state index contributed by atoms with van der Waals surface area (Å²) in [7, 11) is 0. The molecule has 2 aliphatic rings. The lowest BCUT2D eigenvalue weighted by molar-refractivity contribution is 0.205. The fourth-order valence-corrected chi connectivity index (χ4v) is 4.59. The molecular weight excluding hydrogens is 336 g/mol. The number of likely N-dealkylation sites (N-methyl/N-ethyl adjacent to an activating group) is 1. The summed E-state index contributed by atoms with van der Waals surface area (Å²) in [6.45, 7) is 10.4. The van der Waals surface area contributed by atoms with Gasteiger partial charge in [0.1, 0.15) is 0 Å². The summed E-state index contributed by atoms with van der Waals surface area (Å²) in [5, 5.41) is 3.86. The van der Waals surface area contributed by atoms with Gasteiger partial charge in [0.25, 0.3) is 0 Å². The van der Waals surface area contributed by atoms with Gasteiger partial charge >= 0.3 is 0 Å². The second-order valence-corrected chi connectivity index (χ2v) is 8.17. The van der Waals surface area contributed by atoms with Gasteiger partial charge in [0, 0.05) is 24.0 Å². The maximum atomic E-state index is 4.39. The van der Waals surface area contributed by atoms with Gasteiger partial charge in [-0.3, -0.25) is 0 Å². The van der Waals surface area contributed by atoms with E-state index in [0.717, 1.165) is 5.75 Å². The van der Waals surface area contributed by atoms with E-state index in [-0.39, 0.29) is 0 Å². The van der Waals surface area contributed by atoms with Gasteiger partial charge in [-0.05, 0) is 86.9 Å². The normalized spacial score (nSPS) is 24.9. The lowest BCUT2D eigenvalue weighted by atomic mass is 9.99. The van der Waals surface area contributed by atoms with E-state index in [9.17, 15) is 0 Å². The molecule has 0 spiro atoms. The van der Waals surface area contributed by atoms with Crippen LogP contribution in [0.15, 0.2) is 35.0 Å². The largest absolute Gasteiger partial charge is 0.384 e. The number of nitrogens with zero attached hydrogens (tertiary/aromatic N) is 1. The van der Waals surface area contributed by atoms with Gasteiger partial charge in [0.05, 0.1) is 0 Å². The molecule has 0 amide bonds. The summed E-state index contributed by atoms with van der Waals surface area (Å²) < 4.78 is 0. The minimum atomic E-state index is 0.606. The molecule has 1 aromatic rings. The third-order valence-electron chi connectivity index (χ3n) is 5.93. The average molecular weight is 371 g/mol. The first-order valence-corrected chi connectivity index (χ1v) is 10.8. The number of piperidine rings is 1. The van der Waals surface area contributed by atoms with Crippen molar-refractivity contribution in [2.45, 2.75) is 64.7 Å². The molecule has 1 aliphatic heterocycles. The van der Waals surface area contributed by atoms with E-state index in [0.29, 0.717) is 6.04 Å². The van der Waals surface area contributed by atoms with Crippen LogP contribution in [0.25, 0.3) is 6.08 Å². The molecule has 0 bridgehead atoms. The number of hydrogen-bond acceptors (Lipinski definition) is 3. The van der Waals surface area contributed by atoms with Crippen molar-refractivity contribution in [2.24, 2.45) is 0 Å². The quantitative estimate of drug-likeness (QED) is 0.680. The highest BCUT2D eigenvalue weighted by molar-refractivity contribution is 7.79. The van der Waals surface area contributed by atoms with Crippen molar-refractivity contribution in [2.75, 3.05) is 19.6 Å². The van der Waals surface area contributed by atoms with Crippen LogP contribution in [0.2, 0.25) is 0 Å². The fraction of sp³-hybridized carbons (Fsp3) is 0.565. The molecular formula is C23H34N2S. The Morgan fingerprint density at radius 3 is 2.88 bits per heavy atom. The Hall–Kier alpha value is -1.19. The molecule has 3 rings (SSSR count). The molecule has 1 heterocycles. The van der Waals surface area contributed by atoms with E-state index >= 15 is 0 Å². The fourth-order valence-electron chi connectivity index (χ4n) is 4.39. The molecule has 1 atom stereocenters. The van der Waals surface area contributed by atoms with E-state index in [2.05, 4.69) is 67.9 Å². The van der Waals surface area contributed by atoms with Gasteiger partial charge in [0.15, 0.2) is 0 Å². The van der Waals surface area contributed by atoms with Crippen molar-refractivity contribution in [3.8, 4) is 0 Å². The first-order valence-electron chi connectivity index (χ1n) is 10.2. The van der Waals surface area contributed by atoms with Crippen molar-refractivity contribution >= 4 is 18.7 Å². The summed E-state index contributed by atoms with van der Waals surface area (Å²) in [5.74, 6) is 0.808. The predicted octanol–water partition coefficient (Wildman–Crippen LogP) is 5.34. The zero-order valence-corrected chi connectivity index (χ0v) is 17.5. The number of hydrogen-bond donors (Lipinski definition) is 2. The molecule has 1 unspecified atom stereocenters. The Morgan fingerprint density at radius 2 is 2.15 bits per heavy atom. The smallest absolute Gasteiger partial charge is 0.0385 e. The Bertz CT molecular complexity index is 689. The summed E-state index contributed by atoms with van der Waals surface area (Å²) >= 11 is 4.39. The lowest BCUT2D eigenvalue weighted by Gasteiger charge is -2.33. The SMILES string of the molecule is CCN1CCCC(N/C(C)=C2\CCCC2=Cc2ccc(CS)cc2C)C1. The highest BCUT2D eigenvalue weighted by atomic mass is 32.1. The summed E-state index contributed by atoms with van der Waals surface area (Å²) in [4.78, 5) is 2.57. The lowest BCUT2D eigenvalue weighted by Crippen LogP contribution is -2.45. The topological polar surface area (TPSA) is 15.3 Å². The van der Waals surface area contributed by atoms with Crippen LogP contribution in [0.1, 0.15) is 62.6 Å². The molecule has 0 aromatic heterocycles. The zero-order valence-electron chi connectivity index (χ0n) is 16.6. The second kappa shape index (κ2) is 9.14. The van der Waals surface area contributed by atoms with Crippen LogP contribution in [0.5, 0.6) is 0 Å². The molecule has 1 aromatic carbocycles. The average Bonchev–Trinajstić information content (AvgIpc) is 3.12. The highest BCUT2D eigenvalue weighted by Gasteiger charge is 2.21. The summed E-state index contributed by atoms with van der Waals surface area (Å²) in [6, 6.07) is 7.34. The van der Waals surface area contributed by atoms with E-state index in [4.69, 9.17) is 0 Å². The Morgan fingerprint density at radius 1 is 1.31 bits per heavy atom. The Balaban J connectivity index is 1.77. The van der Waals surface area contributed by atoms with Gasteiger partial charge in [-0.2, -0.15) is 12.6 Å². The maximum Gasteiger partial charge on any atom is 0.0385 e. The second-order valence-electron chi connectivity index (χ2n) is 7.85. The standard InChI is InChI=1S/C23H34N2S/c1-4-25-12-6-8-22(15-25)24-18(3)23-9-5-7-21(23)14-20-11-10-19(16-26)13-17(20)2/h10-11,13-14,22,24,26H,4-9,12,15-16H2,1-3H3/b21-14?,23-18+. The minimum absolute atomic E-state index is 0.606. The summed E-state index contributed by atoms with van der Waals surface area (Å²) in [5.41, 5.74) is 8.49. The number of aryl methyl sites for hydroxylation is 1. The van der Waals surface area contributed by atoms with Crippen LogP contribution >= 0.6 is 12.6 Å². The predicted molar refractivity (Wildman–Crippen MR) is 117 cm³/mol. The molecule has 1 aliphatic carbocycles. The van der Waals surface area contributed by atoms with Crippen LogP contribution < -0.4 is 5.32 Å². The molecule has 142 valence electrons. The maximum absolute atomic E-state index is 4.39. The first kappa shape index (κ1) is 19.6. The Kier molecular flexibility index (Phi) is 6.88.